The fourth-order valence-electron chi connectivity index (χ4n) is 3.46. The standard InChI is InChI=1S/C25H28N4O5/c1-3-26-25(33)28-23(31)17(2)34-22(30)14-13-20-24(32)29(16-15-18-9-5-4-6-10-18)21-12-8-7-11-19(21)27-20/h4-12,17H,3,13-16H2,1-2H3,(H2,26,28,31,33). The zero-order chi connectivity index (χ0) is 24.5. The van der Waals surface area contributed by atoms with E-state index in [2.05, 4.69) is 15.6 Å². The summed E-state index contributed by atoms with van der Waals surface area (Å²) in [6.45, 7) is 3.91. The third kappa shape index (κ3) is 6.50. The van der Waals surface area contributed by atoms with Crippen molar-refractivity contribution in [2.24, 2.45) is 0 Å². The molecule has 9 heteroatoms. The van der Waals surface area contributed by atoms with Crippen molar-refractivity contribution in [3.63, 3.8) is 0 Å². The molecule has 2 aromatic carbocycles. The van der Waals surface area contributed by atoms with Crippen LogP contribution in [0.25, 0.3) is 11.0 Å². The number of amides is 3. The number of nitrogens with one attached hydrogen (secondary N) is 2. The number of urea groups is 1. The largest absolute Gasteiger partial charge is 0.453 e. The van der Waals surface area contributed by atoms with Gasteiger partial charge in [0.05, 0.1) is 17.5 Å². The summed E-state index contributed by atoms with van der Waals surface area (Å²) in [4.78, 5) is 53.3. The van der Waals surface area contributed by atoms with E-state index in [9.17, 15) is 19.2 Å². The summed E-state index contributed by atoms with van der Waals surface area (Å²) in [5.74, 6) is -1.39. The second-order valence-corrected chi connectivity index (χ2v) is 7.72. The molecule has 1 atom stereocenters. The fourth-order valence-corrected chi connectivity index (χ4v) is 3.46. The fraction of sp³-hybridized carbons (Fsp3) is 0.320. The molecule has 0 saturated heterocycles. The predicted molar refractivity (Wildman–Crippen MR) is 127 cm³/mol. The smallest absolute Gasteiger partial charge is 0.321 e. The van der Waals surface area contributed by atoms with Gasteiger partial charge in [-0.05, 0) is 38.0 Å². The van der Waals surface area contributed by atoms with E-state index in [1.165, 1.54) is 6.92 Å². The highest BCUT2D eigenvalue weighted by atomic mass is 16.5. The van der Waals surface area contributed by atoms with Crippen LogP contribution in [0.1, 0.15) is 31.5 Å². The van der Waals surface area contributed by atoms with Gasteiger partial charge in [-0.25, -0.2) is 9.78 Å². The van der Waals surface area contributed by atoms with Gasteiger partial charge in [0.1, 0.15) is 5.69 Å². The predicted octanol–water partition coefficient (Wildman–Crippen LogP) is 2.35. The van der Waals surface area contributed by atoms with Gasteiger partial charge < -0.3 is 14.6 Å². The maximum atomic E-state index is 13.2. The number of carbonyl (C=O) groups excluding carboxylic acids is 3. The van der Waals surface area contributed by atoms with E-state index >= 15 is 0 Å². The molecule has 1 heterocycles. The molecule has 1 unspecified atom stereocenters. The number of esters is 1. The van der Waals surface area contributed by atoms with Crippen LogP contribution >= 0.6 is 0 Å². The van der Waals surface area contributed by atoms with Crippen LogP contribution in [0.5, 0.6) is 0 Å². The van der Waals surface area contributed by atoms with Crippen LogP contribution < -0.4 is 16.2 Å². The number of rotatable bonds is 9. The molecule has 0 aliphatic carbocycles. The van der Waals surface area contributed by atoms with Crippen molar-refractivity contribution >= 4 is 28.9 Å². The van der Waals surface area contributed by atoms with Gasteiger partial charge in [-0.2, -0.15) is 0 Å². The Bertz CT molecular complexity index is 1220. The summed E-state index contributed by atoms with van der Waals surface area (Å²) in [6.07, 6.45) is -0.535. The molecule has 1 aromatic heterocycles. The Morgan fingerprint density at radius 3 is 2.47 bits per heavy atom. The number of para-hydroxylation sites is 2. The second-order valence-electron chi connectivity index (χ2n) is 7.72. The van der Waals surface area contributed by atoms with Crippen LogP contribution in [0.2, 0.25) is 0 Å². The molecule has 0 fully saturated rings. The van der Waals surface area contributed by atoms with Crippen molar-refractivity contribution in [1.82, 2.24) is 20.2 Å². The van der Waals surface area contributed by atoms with Gasteiger partial charge in [-0.1, -0.05) is 42.5 Å². The lowest BCUT2D eigenvalue weighted by molar-refractivity contribution is -0.154. The SMILES string of the molecule is CCNC(=O)NC(=O)C(C)OC(=O)CCc1nc2ccccc2n(CCc2ccccc2)c1=O. The van der Waals surface area contributed by atoms with E-state index < -0.39 is 24.0 Å². The first-order valence-electron chi connectivity index (χ1n) is 11.2. The molecule has 34 heavy (non-hydrogen) atoms. The van der Waals surface area contributed by atoms with Crippen molar-refractivity contribution < 1.29 is 19.1 Å². The molecular formula is C25H28N4O5. The number of fused-ring (bicyclic) bond motifs is 1. The summed E-state index contributed by atoms with van der Waals surface area (Å²) < 4.78 is 6.79. The highest BCUT2D eigenvalue weighted by Gasteiger charge is 2.20. The molecule has 3 amide bonds. The van der Waals surface area contributed by atoms with Crippen molar-refractivity contribution in [3.05, 3.63) is 76.2 Å². The molecule has 0 spiro atoms. The van der Waals surface area contributed by atoms with Gasteiger partial charge in [0.2, 0.25) is 0 Å². The minimum absolute atomic E-state index is 0.0680. The summed E-state index contributed by atoms with van der Waals surface area (Å²) in [7, 11) is 0. The number of carbonyl (C=O) groups is 3. The molecular weight excluding hydrogens is 436 g/mol. The number of aromatic nitrogens is 2. The first-order valence-corrected chi connectivity index (χ1v) is 11.2. The Morgan fingerprint density at radius 2 is 1.74 bits per heavy atom. The maximum absolute atomic E-state index is 13.2. The molecule has 9 nitrogen and oxygen atoms in total. The zero-order valence-electron chi connectivity index (χ0n) is 19.2. The van der Waals surface area contributed by atoms with Crippen LogP contribution in [0.3, 0.4) is 0 Å². The van der Waals surface area contributed by atoms with Gasteiger partial charge in [0.15, 0.2) is 6.10 Å². The van der Waals surface area contributed by atoms with E-state index in [1.54, 1.807) is 11.5 Å². The molecule has 0 aliphatic rings. The Morgan fingerprint density at radius 1 is 1.03 bits per heavy atom. The molecule has 3 aromatic rings. The van der Waals surface area contributed by atoms with Crippen molar-refractivity contribution in [2.45, 2.75) is 45.8 Å². The maximum Gasteiger partial charge on any atom is 0.321 e. The topological polar surface area (TPSA) is 119 Å². The summed E-state index contributed by atoms with van der Waals surface area (Å²) >= 11 is 0. The first kappa shape index (κ1) is 24.6. The highest BCUT2D eigenvalue weighted by molar-refractivity contribution is 5.97. The Kier molecular flexibility index (Phi) is 8.50. The lowest BCUT2D eigenvalue weighted by Crippen LogP contribution is -2.44. The molecule has 0 aliphatic heterocycles. The third-order valence-corrected chi connectivity index (χ3v) is 5.20. The van der Waals surface area contributed by atoms with Crippen LogP contribution in [-0.4, -0.2) is 40.1 Å². The number of imide groups is 1. The first-order chi connectivity index (χ1) is 16.4. The minimum atomic E-state index is -1.15. The molecule has 2 N–H and O–H groups in total. The third-order valence-electron chi connectivity index (χ3n) is 5.20. The molecule has 0 bridgehead atoms. The zero-order valence-corrected chi connectivity index (χ0v) is 19.2. The molecule has 0 saturated carbocycles. The number of hydrogen-bond donors (Lipinski definition) is 2. The average molecular weight is 465 g/mol. The highest BCUT2D eigenvalue weighted by Crippen LogP contribution is 2.12. The number of hydrogen-bond acceptors (Lipinski definition) is 6. The van der Waals surface area contributed by atoms with E-state index in [4.69, 9.17) is 4.74 Å². The van der Waals surface area contributed by atoms with Gasteiger partial charge >= 0.3 is 12.0 Å². The Hall–Kier alpha value is -4.01. The molecule has 178 valence electrons. The summed E-state index contributed by atoms with van der Waals surface area (Å²) in [6, 6.07) is 16.6. The molecule has 3 rings (SSSR count). The minimum Gasteiger partial charge on any atom is -0.453 e. The van der Waals surface area contributed by atoms with Crippen LogP contribution in [0.4, 0.5) is 4.79 Å². The van der Waals surface area contributed by atoms with Crippen LogP contribution in [0, 0.1) is 0 Å². The quantitative estimate of drug-likeness (QED) is 0.469. The van der Waals surface area contributed by atoms with Gasteiger partial charge in [0.25, 0.3) is 11.5 Å². The van der Waals surface area contributed by atoms with E-state index in [1.807, 2.05) is 54.6 Å². The number of ether oxygens (including phenoxy) is 1. The summed E-state index contributed by atoms with van der Waals surface area (Å²) in [5, 5.41) is 4.51. The Balaban J connectivity index is 1.69. The monoisotopic (exact) mass is 464 g/mol. The second kappa shape index (κ2) is 11.7. The van der Waals surface area contributed by atoms with Crippen LogP contribution in [0.15, 0.2) is 59.4 Å². The van der Waals surface area contributed by atoms with E-state index in [0.717, 1.165) is 11.1 Å². The number of aryl methyl sites for hydroxylation is 3. The van der Waals surface area contributed by atoms with E-state index in [0.29, 0.717) is 25.0 Å². The number of benzene rings is 2. The summed E-state index contributed by atoms with van der Waals surface area (Å²) in [5.41, 5.74) is 2.49. The normalized spacial score (nSPS) is 11.6. The lowest BCUT2D eigenvalue weighted by Gasteiger charge is -2.14. The van der Waals surface area contributed by atoms with Gasteiger partial charge in [-0.3, -0.25) is 19.7 Å². The van der Waals surface area contributed by atoms with Crippen molar-refractivity contribution in [2.75, 3.05) is 6.54 Å². The lowest BCUT2D eigenvalue weighted by atomic mass is 10.1. The average Bonchev–Trinajstić information content (AvgIpc) is 2.83. The number of nitrogens with zero attached hydrogens (tertiary/aromatic N) is 2. The van der Waals surface area contributed by atoms with Gasteiger partial charge in [-0.15, -0.1) is 0 Å². The van der Waals surface area contributed by atoms with Crippen LogP contribution in [-0.2, 0) is 33.7 Å². The molecule has 0 radical (unpaired) electrons. The van der Waals surface area contributed by atoms with Crippen molar-refractivity contribution in [3.8, 4) is 0 Å². The Labute approximate surface area is 197 Å². The van der Waals surface area contributed by atoms with E-state index in [-0.39, 0.29) is 24.1 Å². The van der Waals surface area contributed by atoms with Gasteiger partial charge in [0, 0.05) is 19.5 Å². The van der Waals surface area contributed by atoms with Crippen molar-refractivity contribution in [1.29, 1.82) is 0 Å².